The van der Waals surface area contributed by atoms with Crippen LogP contribution in [0.5, 0.6) is 5.75 Å². The molecule has 0 spiro atoms. The Balaban J connectivity index is 1.83. The fourth-order valence-electron chi connectivity index (χ4n) is 2.96. The van der Waals surface area contributed by atoms with Crippen molar-refractivity contribution >= 4 is 21.2 Å². The van der Waals surface area contributed by atoms with Crippen molar-refractivity contribution in [2.24, 2.45) is 5.92 Å². The van der Waals surface area contributed by atoms with E-state index in [4.69, 9.17) is 4.74 Å². The maximum absolute atomic E-state index is 13.4. The number of sulfone groups is 1. The fraction of sp³-hybridized carbons (Fsp3) is 0.438. The second-order valence-electron chi connectivity index (χ2n) is 6.05. The Hall–Kier alpha value is -1.61. The van der Waals surface area contributed by atoms with Crippen molar-refractivity contribution < 1.29 is 26.3 Å². The zero-order valence-electron chi connectivity index (χ0n) is 13.3. The number of alkyl halides is 3. The summed E-state index contributed by atoms with van der Waals surface area (Å²) in [6.45, 7) is 1.74. The summed E-state index contributed by atoms with van der Waals surface area (Å²) >= 11 is 1.23. The molecule has 4 nitrogen and oxygen atoms in total. The number of ether oxygens (including phenoxy) is 1. The molecule has 0 saturated carbocycles. The molecule has 1 aromatic heterocycles. The van der Waals surface area contributed by atoms with E-state index in [1.807, 2.05) is 0 Å². The highest BCUT2D eigenvalue weighted by atomic mass is 32.2. The lowest BCUT2D eigenvalue weighted by Gasteiger charge is -2.34. The van der Waals surface area contributed by atoms with Gasteiger partial charge in [0.25, 0.3) is 0 Å². The van der Waals surface area contributed by atoms with Crippen LogP contribution in [0.25, 0.3) is 0 Å². The third kappa shape index (κ3) is 4.33. The monoisotopic (exact) mass is 391 g/mol. The molecule has 9 heteroatoms. The van der Waals surface area contributed by atoms with Crippen molar-refractivity contribution in [2.75, 3.05) is 5.75 Å². The van der Waals surface area contributed by atoms with Crippen LogP contribution in [0, 0.1) is 12.8 Å². The summed E-state index contributed by atoms with van der Waals surface area (Å²) in [5.41, 5.74) is 0.594. The Labute approximate surface area is 147 Å². The first-order valence-electron chi connectivity index (χ1n) is 7.57. The fourth-order valence-corrected chi connectivity index (χ4v) is 5.90. The van der Waals surface area contributed by atoms with E-state index in [9.17, 15) is 21.6 Å². The van der Waals surface area contributed by atoms with Gasteiger partial charge in [-0.15, -0.1) is 11.3 Å². The first-order valence-corrected chi connectivity index (χ1v) is 10.2. The van der Waals surface area contributed by atoms with E-state index in [-0.39, 0.29) is 17.9 Å². The Bertz CT molecular complexity index is 862. The lowest BCUT2D eigenvalue weighted by Crippen LogP contribution is -2.47. The Morgan fingerprint density at radius 1 is 1.32 bits per heavy atom. The zero-order valence-corrected chi connectivity index (χ0v) is 14.9. The van der Waals surface area contributed by atoms with Gasteiger partial charge in [-0.2, -0.15) is 13.2 Å². The second kappa shape index (κ2) is 6.60. The summed E-state index contributed by atoms with van der Waals surface area (Å²) in [5.74, 6) is -1.89. The van der Waals surface area contributed by atoms with E-state index < -0.39 is 33.8 Å². The summed E-state index contributed by atoms with van der Waals surface area (Å²) in [7, 11) is -3.73. The van der Waals surface area contributed by atoms with Gasteiger partial charge in [-0.25, -0.2) is 13.4 Å². The second-order valence-corrected chi connectivity index (χ2v) is 9.48. The van der Waals surface area contributed by atoms with Gasteiger partial charge in [0.15, 0.2) is 15.9 Å². The van der Waals surface area contributed by atoms with Crippen LogP contribution in [0.1, 0.15) is 15.4 Å². The summed E-state index contributed by atoms with van der Waals surface area (Å²) in [5, 5.41) is 0.716. The number of halogens is 3. The van der Waals surface area contributed by atoms with Gasteiger partial charge in [-0.05, 0) is 25.0 Å². The summed E-state index contributed by atoms with van der Waals surface area (Å²) in [4.78, 5) is 4.51. The highest BCUT2D eigenvalue weighted by molar-refractivity contribution is 7.90. The molecule has 1 aliphatic rings. The maximum atomic E-state index is 13.4. The molecule has 0 bridgehead atoms. The van der Waals surface area contributed by atoms with Crippen LogP contribution in [0.4, 0.5) is 13.2 Å². The number of nitrogens with zero attached hydrogens (tertiary/aromatic N) is 1. The van der Waals surface area contributed by atoms with Crippen molar-refractivity contribution in [1.29, 1.82) is 0 Å². The van der Waals surface area contributed by atoms with Gasteiger partial charge in [-0.3, -0.25) is 0 Å². The molecule has 0 unspecified atom stereocenters. The third-order valence-corrected chi connectivity index (χ3v) is 6.74. The molecular weight excluding hydrogens is 375 g/mol. The molecule has 0 saturated heterocycles. The minimum Gasteiger partial charge on any atom is -0.480 e. The molecule has 3 rings (SSSR count). The van der Waals surface area contributed by atoms with Gasteiger partial charge in [0, 0.05) is 17.0 Å². The van der Waals surface area contributed by atoms with Crippen LogP contribution in [0.3, 0.4) is 0 Å². The molecule has 1 aromatic carbocycles. The standard InChI is InChI=1S/C16H16F3NO3S2/c1-10-20-7-13(24-10)9-25(21,22)8-12-6-11-4-2-3-5-14(11)23-15(12)16(17,18)19/h2-5,7,12,15H,6,8-9H2,1H3/t12-,15+/m0/s1. The van der Waals surface area contributed by atoms with Crippen LogP contribution in [0.15, 0.2) is 30.5 Å². The number of para-hydroxylation sites is 1. The summed E-state index contributed by atoms with van der Waals surface area (Å²) in [6.07, 6.45) is -5.29. The molecule has 0 radical (unpaired) electrons. The van der Waals surface area contributed by atoms with Crippen molar-refractivity contribution in [3.63, 3.8) is 0 Å². The quantitative estimate of drug-likeness (QED) is 0.800. The van der Waals surface area contributed by atoms with Gasteiger partial charge in [0.2, 0.25) is 0 Å². The largest absolute Gasteiger partial charge is 0.480 e. The number of aromatic nitrogens is 1. The summed E-state index contributed by atoms with van der Waals surface area (Å²) < 4.78 is 70.0. The SMILES string of the molecule is Cc1ncc(CS(=O)(=O)C[C@@H]2Cc3ccccc3O[C@H]2C(F)(F)F)s1. The highest BCUT2D eigenvalue weighted by Crippen LogP contribution is 2.39. The number of benzene rings is 1. The number of aryl methyl sites for hydroxylation is 1. The van der Waals surface area contributed by atoms with Gasteiger partial charge in [-0.1, -0.05) is 18.2 Å². The van der Waals surface area contributed by atoms with Crippen molar-refractivity contribution in [3.8, 4) is 5.75 Å². The first-order chi connectivity index (χ1) is 11.6. The predicted octanol–water partition coefficient (Wildman–Crippen LogP) is 3.55. The number of fused-ring (bicyclic) bond motifs is 1. The topological polar surface area (TPSA) is 56.3 Å². The molecular formula is C16H16F3NO3S2. The van der Waals surface area contributed by atoms with Crippen LogP contribution in [0.2, 0.25) is 0 Å². The number of hydrogen-bond donors (Lipinski definition) is 0. The van der Waals surface area contributed by atoms with E-state index >= 15 is 0 Å². The number of rotatable bonds is 4. The number of thiazole rings is 1. The van der Waals surface area contributed by atoms with Crippen LogP contribution in [-0.4, -0.2) is 31.4 Å². The van der Waals surface area contributed by atoms with Crippen molar-refractivity contribution in [3.05, 3.63) is 45.9 Å². The lowest BCUT2D eigenvalue weighted by atomic mass is 9.92. The highest BCUT2D eigenvalue weighted by Gasteiger charge is 2.50. The van der Waals surface area contributed by atoms with Gasteiger partial charge < -0.3 is 4.74 Å². The van der Waals surface area contributed by atoms with Gasteiger partial charge in [0.05, 0.1) is 16.5 Å². The molecule has 2 atom stereocenters. The Morgan fingerprint density at radius 3 is 2.68 bits per heavy atom. The number of hydrogen-bond acceptors (Lipinski definition) is 5. The maximum Gasteiger partial charge on any atom is 0.425 e. The van der Waals surface area contributed by atoms with E-state index in [2.05, 4.69) is 4.98 Å². The van der Waals surface area contributed by atoms with Crippen LogP contribution < -0.4 is 4.74 Å². The van der Waals surface area contributed by atoms with Crippen LogP contribution >= 0.6 is 11.3 Å². The van der Waals surface area contributed by atoms with Crippen molar-refractivity contribution in [1.82, 2.24) is 4.98 Å². The van der Waals surface area contributed by atoms with E-state index in [0.717, 1.165) is 0 Å². The molecule has 2 aromatic rings. The average Bonchev–Trinajstić information content (AvgIpc) is 2.89. The van der Waals surface area contributed by atoms with Crippen LogP contribution in [-0.2, 0) is 22.0 Å². The first kappa shape index (κ1) is 18.2. The molecule has 2 heterocycles. The van der Waals surface area contributed by atoms with E-state index in [0.29, 0.717) is 15.4 Å². The van der Waals surface area contributed by atoms with E-state index in [1.165, 1.54) is 23.6 Å². The Kier molecular flexibility index (Phi) is 4.80. The normalized spacial score (nSPS) is 20.8. The third-order valence-electron chi connectivity index (χ3n) is 3.96. The molecule has 0 amide bonds. The van der Waals surface area contributed by atoms with E-state index in [1.54, 1.807) is 25.1 Å². The van der Waals surface area contributed by atoms with Crippen molar-refractivity contribution in [2.45, 2.75) is 31.4 Å². The van der Waals surface area contributed by atoms with Gasteiger partial charge in [0.1, 0.15) is 5.75 Å². The van der Waals surface area contributed by atoms with Gasteiger partial charge >= 0.3 is 6.18 Å². The molecule has 136 valence electrons. The molecule has 1 aliphatic heterocycles. The minimum atomic E-state index is -4.63. The predicted molar refractivity (Wildman–Crippen MR) is 88.4 cm³/mol. The molecule has 25 heavy (non-hydrogen) atoms. The molecule has 0 aliphatic carbocycles. The molecule has 0 N–H and O–H groups in total. The minimum absolute atomic E-state index is 0.0152. The molecule has 0 fully saturated rings. The Morgan fingerprint density at radius 2 is 2.04 bits per heavy atom. The average molecular weight is 391 g/mol. The lowest BCUT2D eigenvalue weighted by molar-refractivity contribution is -0.211. The zero-order chi connectivity index (χ0) is 18.2. The smallest absolute Gasteiger partial charge is 0.425 e. The summed E-state index contributed by atoms with van der Waals surface area (Å²) in [6, 6.07) is 6.42.